The number of aliphatic hydroxyl groups excluding tert-OH is 1. The zero-order valence-electron chi connectivity index (χ0n) is 9.88. The van der Waals surface area contributed by atoms with Crippen LogP contribution in [0.2, 0.25) is 0 Å². The Balaban J connectivity index is 2.20. The van der Waals surface area contributed by atoms with E-state index in [9.17, 15) is 13.9 Å². The van der Waals surface area contributed by atoms with Crippen LogP contribution in [0.3, 0.4) is 0 Å². The second-order valence-corrected chi connectivity index (χ2v) is 5.13. The molecule has 0 saturated heterocycles. The molecule has 17 heavy (non-hydrogen) atoms. The average molecular weight is 240 g/mol. The number of hydrogen-bond acceptors (Lipinski definition) is 1. The third-order valence-corrected chi connectivity index (χ3v) is 3.82. The van der Waals surface area contributed by atoms with Crippen molar-refractivity contribution in [2.24, 2.45) is 5.41 Å². The van der Waals surface area contributed by atoms with Crippen molar-refractivity contribution >= 4 is 0 Å². The van der Waals surface area contributed by atoms with Gasteiger partial charge in [-0.05, 0) is 48.4 Å². The highest BCUT2D eigenvalue weighted by Crippen LogP contribution is 2.39. The minimum Gasteiger partial charge on any atom is -0.396 e. The SMILES string of the molecule is OCC1(Cc2cc(F)ccc2F)CCCCC1. The van der Waals surface area contributed by atoms with Gasteiger partial charge in [0, 0.05) is 6.61 Å². The zero-order valence-corrected chi connectivity index (χ0v) is 9.88. The fraction of sp³-hybridized carbons (Fsp3) is 0.571. The predicted molar refractivity (Wildman–Crippen MR) is 62.7 cm³/mol. The van der Waals surface area contributed by atoms with E-state index in [-0.39, 0.29) is 17.8 Å². The van der Waals surface area contributed by atoms with Gasteiger partial charge in [-0.15, -0.1) is 0 Å². The van der Waals surface area contributed by atoms with Crippen LogP contribution < -0.4 is 0 Å². The Morgan fingerprint density at radius 1 is 1.12 bits per heavy atom. The van der Waals surface area contributed by atoms with E-state index in [0.717, 1.165) is 31.7 Å². The molecule has 0 atom stereocenters. The molecule has 2 rings (SSSR count). The third kappa shape index (κ3) is 2.83. The van der Waals surface area contributed by atoms with Gasteiger partial charge in [0.1, 0.15) is 11.6 Å². The van der Waals surface area contributed by atoms with Gasteiger partial charge in [0.2, 0.25) is 0 Å². The highest BCUT2D eigenvalue weighted by Gasteiger charge is 2.32. The van der Waals surface area contributed by atoms with Gasteiger partial charge >= 0.3 is 0 Å². The normalized spacial score (nSPS) is 19.2. The summed E-state index contributed by atoms with van der Waals surface area (Å²) < 4.78 is 26.7. The van der Waals surface area contributed by atoms with Crippen LogP contribution in [-0.2, 0) is 6.42 Å². The van der Waals surface area contributed by atoms with Crippen molar-refractivity contribution in [3.05, 3.63) is 35.4 Å². The minimum absolute atomic E-state index is 0.0585. The summed E-state index contributed by atoms with van der Waals surface area (Å²) in [6, 6.07) is 3.55. The quantitative estimate of drug-likeness (QED) is 0.858. The van der Waals surface area contributed by atoms with Gasteiger partial charge in [-0.25, -0.2) is 8.78 Å². The van der Waals surface area contributed by atoms with Gasteiger partial charge in [-0.1, -0.05) is 19.3 Å². The molecule has 1 nitrogen and oxygen atoms in total. The standard InChI is InChI=1S/C14H18F2O/c15-12-4-5-13(16)11(8-12)9-14(10-17)6-2-1-3-7-14/h4-5,8,17H,1-3,6-7,9-10H2. The number of aliphatic hydroxyl groups is 1. The second kappa shape index (κ2) is 5.13. The van der Waals surface area contributed by atoms with Crippen LogP contribution in [-0.4, -0.2) is 11.7 Å². The van der Waals surface area contributed by atoms with E-state index >= 15 is 0 Å². The predicted octanol–water partition coefficient (Wildman–Crippen LogP) is 3.45. The van der Waals surface area contributed by atoms with Crippen LogP contribution in [0.1, 0.15) is 37.7 Å². The Labute approximate surface area is 100 Å². The molecule has 94 valence electrons. The van der Waals surface area contributed by atoms with E-state index in [0.29, 0.717) is 12.0 Å². The van der Waals surface area contributed by atoms with Gasteiger partial charge in [0.05, 0.1) is 0 Å². The molecule has 1 fully saturated rings. The van der Waals surface area contributed by atoms with Crippen molar-refractivity contribution < 1.29 is 13.9 Å². The Kier molecular flexibility index (Phi) is 3.77. The van der Waals surface area contributed by atoms with Crippen molar-refractivity contribution in [1.82, 2.24) is 0 Å². The molecule has 0 radical (unpaired) electrons. The molecule has 3 heteroatoms. The van der Waals surface area contributed by atoms with E-state index in [1.54, 1.807) is 0 Å². The molecule has 1 aliphatic rings. The average Bonchev–Trinajstić information content (AvgIpc) is 2.35. The van der Waals surface area contributed by atoms with Gasteiger partial charge in [-0.3, -0.25) is 0 Å². The first-order chi connectivity index (χ1) is 8.15. The molecule has 1 N–H and O–H groups in total. The number of halogens is 2. The lowest BCUT2D eigenvalue weighted by Crippen LogP contribution is -2.31. The largest absolute Gasteiger partial charge is 0.396 e. The molecule has 0 bridgehead atoms. The summed E-state index contributed by atoms with van der Waals surface area (Å²) in [5.74, 6) is -0.782. The topological polar surface area (TPSA) is 20.2 Å². The summed E-state index contributed by atoms with van der Waals surface area (Å²) in [7, 11) is 0. The van der Waals surface area contributed by atoms with E-state index in [1.807, 2.05) is 0 Å². The zero-order chi connectivity index (χ0) is 12.3. The fourth-order valence-corrected chi connectivity index (χ4v) is 2.78. The summed E-state index contributed by atoms with van der Waals surface area (Å²) in [6.45, 7) is 0.0585. The summed E-state index contributed by atoms with van der Waals surface area (Å²) >= 11 is 0. The lowest BCUT2D eigenvalue weighted by Gasteiger charge is -2.35. The molecule has 0 unspecified atom stereocenters. The van der Waals surface area contributed by atoms with E-state index in [2.05, 4.69) is 0 Å². The smallest absolute Gasteiger partial charge is 0.126 e. The molecule has 1 saturated carbocycles. The van der Waals surface area contributed by atoms with Crippen LogP contribution in [0.15, 0.2) is 18.2 Å². The van der Waals surface area contributed by atoms with Crippen LogP contribution in [0, 0.1) is 17.0 Å². The van der Waals surface area contributed by atoms with Gasteiger partial charge in [-0.2, -0.15) is 0 Å². The Bertz CT molecular complexity index is 384. The van der Waals surface area contributed by atoms with Crippen molar-refractivity contribution in [2.75, 3.05) is 6.61 Å². The molecule has 0 spiro atoms. The molecule has 1 aliphatic carbocycles. The van der Waals surface area contributed by atoms with Crippen LogP contribution in [0.25, 0.3) is 0 Å². The van der Waals surface area contributed by atoms with Crippen LogP contribution in [0.5, 0.6) is 0 Å². The third-order valence-electron chi connectivity index (χ3n) is 3.82. The maximum atomic E-state index is 13.6. The van der Waals surface area contributed by atoms with Crippen molar-refractivity contribution in [3.63, 3.8) is 0 Å². The number of benzene rings is 1. The number of rotatable bonds is 3. The highest BCUT2D eigenvalue weighted by molar-refractivity contribution is 5.20. The second-order valence-electron chi connectivity index (χ2n) is 5.13. The molecule has 0 aliphatic heterocycles. The first kappa shape index (κ1) is 12.5. The summed E-state index contributed by atoms with van der Waals surface area (Å²) in [5.41, 5.74) is 0.147. The molecular formula is C14H18F2O. The van der Waals surface area contributed by atoms with Crippen LogP contribution >= 0.6 is 0 Å². The Morgan fingerprint density at radius 3 is 2.47 bits per heavy atom. The summed E-state index contributed by atoms with van der Waals surface area (Å²) in [4.78, 5) is 0. The maximum absolute atomic E-state index is 13.6. The van der Waals surface area contributed by atoms with Crippen molar-refractivity contribution in [1.29, 1.82) is 0 Å². The van der Waals surface area contributed by atoms with E-state index in [1.165, 1.54) is 18.6 Å². The molecular weight excluding hydrogens is 222 g/mol. The Morgan fingerprint density at radius 2 is 1.82 bits per heavy atom. The molecule has 1 aromatic rings. The highest BCUT2D eigenvalue weighted by atomic mass is 19.1. The first-order valence-corrected chi connectivity index (χ1v) is 6.20. The van der Waals surface area contributed by atoms with E-state index in [4.69, 9.17) is 0 Å². The lowest BCUT2D eigenvalue weighted by molar-refractivity contribution is 0.0814. The minimum atomic E-state index is -0.412. The molecule has 0 aromatic heterocycles. The molecule has 1 aromatic carbocycles. The number of hydrogen-bond donors (Lipinski definition) is 1. The van der Waals surface area contributed by atoms with Crippen LogP contribution in [0.4, 0.5) is 8.78 Å². The van der Waals surface area contributed by atoms with Gasteiger partial charge < -0.3 is 5.11 Å². The molecule has 0 amide bonds. The summed E-state index contributed by atoms with van der Waals surface area (Å²) in [6.07, 6.45) is 5.55. The fourth-order valence-electron chi connectivity index (χ4n) is 2.78. The Hall–Kier alpha value is -0.960. The maximum Gasteiger partial charge on any atom is 0.126 e. The summed E-state index contributed by atoms with van der Waals surface area (Å²) in [5, 5.41) is 9.55. The van der Waals surface area contributed by atoms with Gasteiger partial charge in [0.25, 0.3) is 0 Å². The monoisotopic (exact) mass is 240 g/mol. The van der Waals surface area contributed by atoms with E-state index < -0.39 is 5.82 Å². The van der Waals surface area contributed by atoms with Gasteiger partial charge in [0.15, 0.2) is 0 Å². The van der Waals surface area contributed by atoms with Crippen molar-refractivity contribution in [3.8, 4) is 0 Å². The molecule has 0 heterocycles. The first-order valence-electron chi connectivity index (χ1n) is 6.20. The lowest BCUT2D eigenvalue weighted by atomic mass is 9.71. The van der Waals surface area contributed by atoms with Crippen molar-refractivity contribution in [2.45, 2.75) is 38.5 Å².